The van der Waals surface area contributed by atoms with E-state index in [0.29, 0.717) is 56.8 Å². The van der Waals surface area contributed by atoms with Crippen molar-refractivity contribution in [1.82, 2.24) is 9.47 Å². The minimum atomic E-state index is -2.68. The Morgan fingerprint density at radius 1 is 1.24 bits per heavy atom. The maximum absolute atomic E-state index is 14.5. The summed E-state index contributed by atoms with van der Waals surface area (Å²) in [5, 5.41) is 1.70. The summed E-state index contributed by atoms with van der Waals surface area (Å²) in [5.41, 5.74) is 8.91. The lowest BCUT2D eigenvalue weighted by atomic mass is 9.88. The molecule has 0 saturated carbocycles. The number of hydrogen-bond acceptors (Lipinski definition) is 4. The summed E-state index contributed by atoms with van der Waals surface area (Å²) in [5.74, 6) is -0.178. The van der Waals surface area contributed by atoms with E-state index in [1.165, 1.54) is 6.07 Å². The first kappa shape index (κ1) is 24.6. The third-order valence-electron chi connectivity index (χ3n) is 6.85. The van der Waals surface area contributed by atoms with Crippen molar-refractivity contribution in [3.63, 3.8) is 0 Å². The van der Waals surface area contributed by atoms with E-state index >= 15 is 0 Å². The number of benzene rings is 2. The van der Waals surface area contributed by atoms with Crippen molar-refractivity contribution in [2.45, 2.75) is 44.9 Å². The van der Waals surface area contributed by atoms with Crippen LogP contribution in [0, 0.1) is 5.82 Å². The molecule has 0 radical (unpaired) electrons. The highest BCUT2D eigenvalue weighted by atomic mass is 28.4. The predicted molar refractivity (Wildman–Crippen MR) is 135 cm³/mol. The number of methoxy groups -OCH3 is 1. The summed E-state index contributed by atoms with van der Waals surface area (Å²) >= 11 is 0. The number of ether oxygens (including phenoxy) is 1. The third kappa shape index (κ3) is 4.81. The van der Waals surface area contributed by atoms with Gasteiger partial charge in [-0.2, -0.15) is 0 Å². The molecule has 1 aliphatic rings. The molecule has 4 rings (SSSR count). The number of amides is 1. The molecule has 1 saturated heterocycles. The number of nitrogens with two attached hydrogens (primary N) is 1. The standard InChI is InChI=1S/C26H34FN3O3Si/c1-33-14-13-30-17-21(25-23(30)5-4-6-24(25)34(2,3)32)26(31)29-11-9-19(10-12-29)20-15-18(16-28)7-8-22(20)27/h4-8,15,17,19,32H,9-14,16,28H2,1-3H3. The monoisotopic (exact) mass is 483 g/mol. The fourth-order valence-electron chi connectivity index (χ4n) is 5.00. The van der Waals surface area contributed by atoms with Crippen LogP contribution in [0.2, 0.25) is 13.1 Å². The van der Waals surface area contributed by atoms with Gasteiger partial charge in [-0.05, 0) is 60.3 Å². The smallest absolute Gasteiger partial charge is 0.256 e. The first-order valence-electron chi connectivity index (χ1n) is 11.9. The molecule has 0 atom stereocenters. The van der Waals surface area contributed by atoms with Crippen LogP contribution in [0.4, 0.5) is 4.39 Å². The first-order chi connectivity index (χ1) is 16.2. The summed E-state index contributed by atoms with van der Waals surface area (Å²) in [6.45, 7) is 6.39. The van der Waals surface area contributed by atoms with Crippen LogP contribution in [0.3, 0.4) is 0 Å². The van der Waals surface area contributed by atoms with E-state index in [1.807, 2.05) is 53.0 Å². The Morgan fingerprint density at radius 2 is 1.97 bits per heavy atom. The molecule has 6 nitrogen and oxygen atoms in total. The lowest BCUT2D eigenvalue weighted by molar-refractivity contribution is 0.0714. The Bertz CT molecular complexity index is 1180. The largest absolute Gasteiger partial charge is 0.428 e. The zero-order chi connectivity index (χ0) is 24.5. The fourth-order valence-corrected chi connectivity index (χ4v) is 6.37. The highest BCUT2D eigenvalue weighted by Gasteiger charge is 2.31. The third-order valence-corrected chi connectivity index (χ3v) is 8.59. The van der Waals surface area contributed by atoms with Gasteiger partial charge in [0.2, 0.25) is 8.32 Å². The number of halogens is 1. The molecule has 8 heteroatoms. The fraction of sp³-hybridized carbons (Fsp3) is 0.423. The number of aromatic nitrogens is 1. The van der Waals surface area contributed by atoms with E-state index in [0.717, 1.165) is 21.7 Å². The highest BCUT2D eigenvalue weighted by molar-refractivity contribution is 6.85. The average Bonchev–Trinajstić information content (AvgIpc) is 3.20. The number of likely N-dealkylation sites (tertiary alicyclic amines) is 1. The molecule has 182 valence electrons. The lowest BCUT2D eigenvalue weighted by Crippen LogP contribution is -2.43. The Labute approximate surface area is 201 Å². The van der Waals surface area contributed by atoms with Crippen molar-refractivity contribution in [1.29, 1.82) is 0 Å². The molecular formula is C26H34FN3O3Si. The molecule has 2 heterocycles. The van der Waals surface area contributed by atoms with Crippen molar-refractivity contribution in [3.8, 4) is 0 Å². The van der Waals surface area contributed by atoms with Crippen molar-refractivity contribution in [2.24, 2.45) is 5.73 Å². The Kier molecular flexibility index (Phi) is 7.23. The van der Waals surface area contributed by atoms with E-state index in [4.69, 9.17) is 10.5 Å². The normalized spacial score (nSPS) is 15.3. The van der Waals surface area contributed by atoms with Gasteiger partial charge in [-0.3, -0.25) is 4.79 Å². The van der Waals surface area contributed by atoms with Gasteiger partial charge in [-0.15, -0.1) is 0 Å². The quantitative estimate of drug-likeness (QED) is 0.505. The molecule has 0 bridgehead atoms. The van der Waals surface area contributed by atoms with Crippen LogP contribution in [-0.4, -0.2) is 55.3 Å². The molecule has 3 aromatic rings. The molecule has 1 aromatic heterocycles. The molecule has 1 fully saturated rings. The predicted octanol–water partition coefficient (Wildman–Crippen LogP) is 3.31. The second-order valence-electron chi connectivity index (χ2n) is 9.61. The molecule has 0 aliphatic carbocycles. The lowest BCUT2D eigenvalue weighted by Gasteiger charge is -2.32. The summed E-state index contributed by atoms with van der Waals surface area (Å²) < 4.78 is 21.8. The average molecular weight is 484 g/mol. The minimum Gasteiger partial charge on any atom is -0.428 e. The van der Waals surface area contributed by atoms with Gasteiger partial charge in [0, 0.05) is 50.4 Å². The zero-order valence-electron chi connectivity index (χ0n) is 20.2. The molecule has 2 aromatic carbocycles. The van der Waals surface area contributed by atoms with Gasteiger partial charge in [0.05, 0.1) is 12.2 Å². The van der Waals surface area contributed by atoms with Gasteiger partial charge in [-0.25, -0.2) is 4.39 Å². The van der Waals surface area contributed by atoms with Gasteiger partial charge in [0.25, 0.3) is 5.91 Å². The Morgan fingerprint density at radius 3 is 2.62 bits per heavy atom. The van der Waals surface area contributed by atoms with Gasteiger partial charge in [0.1, 0.15) is 5.82 Å². The van der Waals surface area contributed by atoms with E-state index < -0.39 is 8.32 Å². The molecule has 3 N–H and O–H groups in total. The maximum Gasteiger partial charge on any atom is 0.256 e. The minimum absolute atomic E-state index is 0.0403. The van der Waals surface area contributed by atoms with Crippen molar-refractivity contribution < 1.29 is 18.7 Å². The molecule has 1 aliphatic heterocycles. The second kappa shape index (κ2) is 9.99. The highest BCUT2D eigenvalue weighted by Crippen LogP contribution is 2.32. The molecule has 1 amide bonds. The Balaban J connectivity index is 1.62. The van der Waals surface area contributed by atoms with Crippen LogP contribution in [0.5, 0.6) is 0 Å². The van der Waals surface area contributed by atoms with E-state index in [-0.39, 0.29) is 17.6 Å². The molecule has 0 unspecified atom stereocenters. The summed E-state index contributed by atoms with van der Waals surface area (Å²) in [6.07, 6.45) is 3.30. The number of carbonyl (C=O) groups is 1. The van der Waals surface area contributed by atoms with Gasteiger partial charge < -0.3 is 24.7 Å². The Hall–Kier alpha value is -2.52. The summed E-state index contributed by atoms with van der Waals surface area (Å²) in [4.78, 5) is 26.5. The zero-order valence-corrected chi connectivity index (χ0v) is 21.2. The van der Waals surface area contributed by atoms with E-state index in [2.05, 4.69) is 0 Å². The van der Waals surface area contributed by atoms with Gasteiger partial charge in [-0.1, -0.05) is 24.3 Å². The summed E-state index contributed by atoms with van der Waals surface area (Å²) in [6, 6.07) is 10.9. The van der Waals surface area contributed by atoms with Crippen LogP contribution in [0.25, 0.3) is 10.9 Å². The van der Waals surface area contributed by atoms with Crippen LogP contribution in [0.15, 0.2) is 42.6 Å². The van der Waals surface area contributed by atoms with Crippen molar-refractivity contribution >= 4 is 30.3 Å². The van der Waals surface area contributed by atoms with Gasteiger partial charge in [0.15, 0.2) is 0 Å². The first-order valence-corrected chi connectivity index (χ1v) is 14.8. The van der Waals surface area contributed by atoms with Crippen molar-refractivity contribution in [2.75, 3.05) is 26.8 Å². The number of piperidine rings is 1. The SMILES string of the molecule is COCCn1cc(C(=O)N2CCC(c3cc(CN)ccc3F)CC2)c2c([Si](C)(C)O)cccc21. The molecular weight excluding hydrogens is 449 g/mol. The number of rotatable bonds is 7. The number of nitrogens with zero attached hydrogens (tertiary/aromatic N) is 2. The van der Waals surface area contributed by atoms with Crippen LogP contribution >= 0.6 is 0 Å². The topological polar surface area (TPSA) is 80.7 Å². The number of fused-ring (bicyclic) bond motifs is 1. The molecule has 0 spiro atoms. The second-order valence-corrected chi connectivity index (χ2v) is 13.3. The summed E-state index contributed by atoms with van der Waals surface area (Å²) in [7, 11) is -1.02. The van der Waals surface area contributed by atoms with Crippen LogP contribution < -0.4 is 10.9 Å². The van der Waals surface area contributed by atoms with Crippen molar-refractivity contribution in [3.05, 3.63) is 65.1 Å². The number of carbonyl (C=O) groups excluding carboxylic acids is 1. The van der Waals surface area contributed by atoms with Gasteiger partial charge >= 0.3 is 0 Å². The number of hydrogen-bond donors (Lipinski definition) is 2. The van der Waals surface area contributed by atoms with E-state index in [9.17, 15) is 14.0 Å². The van der Waals surface area contributed by atoms with Crippen LogP contribution in [0.1, 0.15) is 40.2 Å². The maximum atomic E-state index is 14.5. The molecule has 34 heavy (non-hydrogen) atoms. The van der Waals surface area contributed by atoms with Crippen LogP contribution in [-0.2, 0) is 17.8 Å². The van der Waals surface area contributed by atoms with E-state index in [1.54, 1.807) is 13.2 Å².